The molecule has 2 rings (SSSR count). The number of rotatable bonds is 6. The summed E-state index contributed by atoms with van der Waals surface area (Å²) < 4.78 is 6.04. The molecule has 2 atom stereocenters. The molecule has 0 aliphatic carbocycles. The van der Waals surface area contributed by atoms with Gasteiger partial charge in [-0.15, -0.1) is 0 Å². The smallest absolute Gasteiger partial charge is 0.124 e. The quantitative estimate of drug-likeness (QED) is 0.784. The second kappa shape index (κ2) is 6.59. The molecule has 0 bridgehead atoms. The average Bonchev–Trinajstić information content (AvgIpc) is 2.41. The zero-order valence-corrected chi connectivity index (χ0v) is 12.9. The molecule has 0 amide bonds. The first-order chi connectivity index (χ1) is 9.52. The maximum atomic E-state index is 9.04. The highest BCUT2D eigenvalue weighted by molar-refractivity contribution is 5.38. The number of benzene rings is 1. The summed E-state index contributed by atoms with van der Waals surface area (Å²) in [6.07, 6.45) is 3.15. The van der Waals surface area contributed by atoms with E-state index in [1.54, 1.807) is 0 Å². The van der Waals surface area contributed by atoms with Crippen molar-refractivity contribution in [1.82, 2.24) is 5.32 Å². The lowest BCUT2D eigenvalue weighted by Gasteiger charge is -2.38. The maximum Gasteiger partial charge on any atom is 0.124 e. The number of hydrogen-bond acceptors (Lipinski definition) is 3. The van der Waals surface area contributed by atoms with Gasteiger partial charge in [0, 0.05) is 24.6 Å². The molecule has 1 aromatic carbocycles. The second-order valence-corrected chi connectivity index (χ2v) is 6.54. The van der Waals surface area contributed by atoms with Crippen molar-refractivity contribution in [3.8, 4) is 5.75 Å². The molecule has 3 heteroatoms. The Morgan fingerprint density at radius 3 is 2.90 bits per heavy atom. The van der Waals surface area contributed by atoms with Gasteiger partial charge in [0.2, 0.25) is 0 Å². The highest BCUT2D eigenvalue weighted by atomic mass is 16.5. The van der Waals surface area contributed by atoms with Crippen molar-refractivity contribution in [2.75, 3.05) is 13.2 Å². The van der Waals surface area contributed by atoms with Gasteiger partial charge in [0.05, 0.1) is 0 Å². The Balaban J connectivity index is 1.94. The molecule has 2 N–H and O–H groups in total. The van der Waals surface area contributed by atoms with Crippen molar-refractivity contribution >= 4 is 0 Å². The van der Waals surface area contributed by atoms with Gasteiger partial charge < -0.3 is 15.2 Å². The summed E-state index contributed by atoms with van der Waals surface area (Å²) in [5.41, 5.74) is 1.15. The van der Waals surface area contributed by atoms with Crippen molar-refractivity contribution in [1.29, 1.82) is 0 Å². The Kier molecular flexibility index (Phi) is 5.06. The van der Waals surface area contributed by atoms with E-state index in [4.69, 9.17) is 9.84 Å². The minimum atomic E-state index is -0.121. The van der Waals surface area contributed by atoms with Crippen LogP contribution in [0.25, 0.3) is 0 Å². The molecule has 0 aromatic heterocycles. The first-order valence-corrected chi connectivity index (χ1v) is 7.64. The normalized spacial score (nSPS) is 21.9. The largest absolute Gasteiger partial charge is 0.487 e. The SMILES string of the molecule is CC(CO)CCCNC1CC(C)(C)Oc2ccccc21. The van der Waals surface area contributed by atoms with Gasteiger partial charge in [-0.1, -0.05) is 25.1 Å². The predicted octanol–water partition coefficient (Wildman–Crippen LogP) is 3.29. The van der Waals surface area contributed by atoms with Gasteiger partial charge in [-0.25, -0.2) is 0 Å². The molecule has 1 aliphatic rings. The van der Waals surface area contributed by atoms with Gasteiger partial charge in [0.15, 0.2) is 0 Å². The van der Waals surface area contributed by atoms with Crippen molar-refractivity contribution < 1.29 is 9.84 Å². The number of aliphatic hydroxyl groups is 1. The lowest BCUT2D eigenvalue weighted by atomic mass is 9.89. The van der Waals surface area contributed by atoms with E-state index in [0.717, 1.165) is 31.6 Å². The van der Waals surface area contributed by atoms with E-state index in [0.29, 0.717) is 12.0 Å². The van der Waals surface area contributed by atoms with Gasteiger partial charge in [-0.05, 0) is 45.2 Å². The van der Waals surface area contributed by atoms with E-state index in [1.807, 2.05) is 6.07 Å². The van der Waals surface area contributed by atoms with Crippen LogP contribution < -0.4 is 10.1 Å². The van der Waals surface area contributed by atoms with Crippen molar-refractivity contribution in [3.05, 3.63) is 29.8 Å². The number of fused-ring (bicyclic) bond motifs is 1. The molecule has 20 heavy (non-hydrogen) atoms. The average molecular weight is 277 g/mol. The van der Waals surface area contributed by atoms with E-state index in [9.17, 15) is 0 Å². The highest BCUT2D eigenvalue weighted by Crippen LogP contribution is 2.39. The summed E-state index contributed by atoms with van der Waals surface area (Å²) in [4.78, 5) is 0. The Hall–Kier alpha value is -1.06. The van der Waals surface area contributed by atoms with Gasteiger partial charge in [0.1, 0.15) is 11.4 Å². The van der Waals surface area contributed by atoms with Crippen LogP contribution in [-0.2, 0) is 0 Å². The summed E-state index contributed by atoms with van der Waals surface area (Å²) in [6.45, 7) is 7.65. The van der Waals surface area contributed by atoms with Gasteiger partial charge in [0.25, 0.3) is 0 Å². The Labute approximate surface area is 122 Å². The minimum Gasteiger partial charge on any atom is -0.487 e. The Morgan fingerprint density at radius 1 is 1.40 bits per heavy atom. The van der Waals surface area contributed by atoms with E-state index in [1.165, 1.54) is 5.56 Å². The lowest BCUT2D eigenvalue weighted by Crippen LogP contribution is -2.39. The molecule has 0 saturated heterocycles. The second-order valence-electron chi connectivity index (χ2n) is 6.54. The van der Waals surface area contributed by atoms with E-state index in [2.05, 4.69) is 44.3 Å². The number of ether oxygens (including phenoxy) is 1. The molecule has 1 aliphatic heterocycles. The van der Waals surface area contributed by atoms with Crippen LogP contribution in [0.15, 0.2) is 24.3 Å². The van der Waals surface area contributed by atoms with E-state index in [-0.39, 0.29) is 12.2 Å². The summed E-state index contributed by atoms with van der Waals surface area (Å²) in [5.74, 6) is 1.40. The van der Waals surface area contributed by atoms with E-state index >= 15 is 0 Å². The molecule has 0 fully saturated rings. The van der Waals surface area contributed by atoms with Gasteiger partial charge in [-0.2, -0.15) is 0 Å². The summed E-state index contributed by atoms with van der Waals surface area (Å²) >= 11 is 0. The molecular formula is C17H27NO2. The monoisotopic (exact) mass is 277 g/mol. The van der Waals surface area contributed by atoms with Gasteiger partial charge in [-0.3, -0.25) is 0 Å². The van der Waals surface area contributed by atoms with Crippen molar-refractivity contribution in [3.63, 3.8) is 0 Å². The number of nitrogens with one attached hydrogen (secondary N) is 1. The maximum absolute atomic E-state index is 9.04. The Morgan fingerprint density at radius 2 is 2.15 bits per heavy atom. The Bertz CT molecular complexity index is 431. The highest BCUT2D eigenvalue weighted by Gasteiger charge is 2.32. The fraction of sp³-hybridized carbons (Fsp3) is 0.647. The van der Waals surface area contributed by atoms with Gasteiger partial charge >= 0.3 is 0 Å². The van der Waals surface area contributed by atoms with Crippen LogP contribution in [0.1, 0.15) is 51.6 Å². The zero-order valence-electron chi connectivity index (χ0n) is 12.9. The summed E-state index contributed by atoms with van der Waals surface area (Å²) in [5, 5.41) is 12.7. The lowest BCUT2D eigenvalue weighted by molar-refractivity contribution is 0.0659. The van der Waals surface area contributed by atoms with Crippen LogP contribution in [0.3, 0.4) is 0 Å². The molecule has 1 heterocycles. The fourth-order valence-electron chi connectivity index (χ4n) is 2.80. The number of para-hydroxylation sites is 1. The summed E-state index contributed by atoms with van der Waals surface area (Å²) in [7, 11) is 0. The number of hydrogen-bond donors (Lipinski definition) is 2. The minimum absolute atomic E-state index is 0.121. The van der Waals surface area contributed by atoms with Crippen LogP contribution in [0.2, 0.25) is 0 Å². The molecule has 112 valence electrons. The molecule has 2 unspecified atom stereocenters. The van der Waals surface area contributed by atoms with Crippen molar-refractivity contribution in [2.45, 2.75) is 51.7 Å². The fourth-order valence-corrected chi connectivity index (χ4v) is 2.80. The third-order valence-electron chi connectivity index (χ3n) is 3.95. The standard InChI is InChI=1S/C17H27NO2/c1-13(12-19)7-6-10-18-15-11-17(2,3)20-16-9-5-4-8-14(15)16/h4-5,8-9,13,15,18-19H,6-7,10-12H2,1-3H3. The molecule has 0 spiro atoms. The molecule has 0 saturated carbocycles. The molecular weight excluding hydrogens is 250 g/mol. The van der Waals surface area contributed by atoms with Crippen LogP contribution in [0.4, 0.5) is 0 Å². The van der Waals surface area contributed by atoms with Crippen LogP contribution in [-0.4, -0.2) is 23.9 Å². The van der Waals surface area contributed by atoms with E-state index < -0.39 is 0 Å². The first-order valence-electron chi connectivity index (χ1n) is 7.64. The van der Waals surface area contributed by atoms with Crippen LogP contribution in [0.5, 0.6) is 5.75 Å². The predicted molar refractivity (Wildman–Crippen MR) is 82.0 cm³/mol. The number of aliphatic hydroxyl groups excluding tert-OH is 1. The molecule has 3 nitrogen and oxygen atoms in total. The summed E-state index contributed by atoms with van der Waals surface area (Å²) in [6, 6.07) is 8.67. The topological polar surface area (TPSA) is 41.5 Å². The van der Waals surface area contributed by atoms with Crippen LogP contribution >= 0.6 is 0 Å². The third-order valence-corrected chi connectivity index (χ3v) is 3.95. The van der Waals surface area contributed by atoms with Crippen LogP contribution in [0, 0.1) is 5.92 Å². The zero-order chi connectivity index (χ0) is 14.6. The third kappa shape index (κ3) is 3.97. The molecule has 1 aromatic rings. The van der Waals surface area contributed by atoms with Crippen molar-refractivity contribution in [2.24, 2.45) is 5.92 Å². The first kappa shape index (κ1) is 15.3. The molecule has 0 radical (unpaired) electrons.